The van der Waals surface area contributed by atoms with E-state index in [2.05, 4.69) is 39.4 Å². The summed E-state index contributed by atoms with van der Waals surface area (Å²) < 4.78 is 0. The first-order valence-corrected chi connectivity index (χ1v) is 8.59. The summed E-state index contributed by atoms with van der Waals surface area (Å²) in [7, 11) is 1.91. The van der Waals surface area contributed by atoms with Crippen molar-refractivity contribution in [1.82, 2.24) is 15.1 Å². The number of carbonyl (C=O) groups excluding carboxylic acids is 1. The fourth-order valence-corrected chi connectivity index (χ4v) is 3.46. The highest BCUT2D eigenvalue weighted by molar-refractivity contribution is 5.79. The number of aryl methyl sites for hydroxylation is 2. The molecule has 0 aliphatic carbocycles. The minimum atomic E-state index is 0.167. The van der Waals surface area contributed by atoms with E-state index >= 15 is 0 Å². The average Bonchev–Trinajstić information content (AvgIpc) is 3.17. The van der Waals surface area contributed by atoms with Crippen LogP contribution in [0.2, 0.25) is 0 Å². The van der Waals surface area contributed by atoms with Crippen LogP contribution in [-0.2, 0) is 11.2 Å². The molecular formula is C19H26N4O. The zero-order chi connectivity index (χ0) is 17.1. The number of likely N-dealkylation sites (N-methyl/N-ethyl adjacent to an activating group) is 1. The summed E-state index contributed by atoms with van der Waals surface area (Å²) in [4.78, 5) is 16.8. The first kappa shape index (κ1) is 16.6. The highest BCUT2D eigenvalue weighted by atomic mass is 16.2. The molecule has 0 spiro atoms. The van der Waals surface area contributed by atoms with Gasteiger partial charge in [0.1, 0.15) is 0 Å². The number of H-pyrrole nitrogens is 1. The Morgan fingerprint density at radius 3 is 2.75 bits per heavy atom. The Morgan fingerprint density at radius 2 is 2.08 bits per heavy atom. The van der Waals surface area contributed by atoms with Gasteiger partial charge in [0, 0.05) is 43.6 Å². The molecule has 1 aliphatic heterocycles. The second-order valence-corrected chi connectivity index (χ2v) is 6.80. The Kier molecular flexibility index (Phi) is 4.88. The molecule has 0 bridgehead atoms. The largest absolute Gasteiger partial charge is 0.371 e. The second-order valence-electron chi connectivity index (χ2n) is 6.80. The van der Waals surface area contributed by atoms with Crippen LogP contribution in [0.1, 0.15) is 23.4 Å². The lowest BCUT2D eigenvalue weighted by molar-refractivity contribution is -0.129. The minimum absolute atomic E-state index is 0.167. The lowest BCUT2D eigenvalue weighted by atomic mass is 10.1. The summed E-state index contributed by atoms with van der Waals surface area (Å²) in [5.74, 6) is 0.700. The normalized spacial score (nSPS) is 17.3. The monoisotopic (exact) mass is 326 g/mol. The molecule has 1 aromatic carbocycles. The fourth-order valence-electron chi connectivity index (χ4n) is 3.46. The van der Waals surface area contributed by atoms with E-state index in [1.54, 1.807) is 0 Å². The van der Waals surface area contributed by atoms with E-state index in [1.807, 2.05) is 31.9 Å². The molecule has 1 unspecified atom stereocenters. The molecule has 1 N–H and O–H groups in total. The predicted molar refractivity (Wildman–Crippen MR) is 96.2 cm³/mol. The smallest absolute Gasteiger partial charge is 0.226 e. The Morgan fingerprint density at radius 1 is 1.33 bits per heavy atom. The number of hydrogen-bond acceptors (Lipinski definition) is 3. The summed E-state index contributed by atoms with van der Waals surface area (Å²) in [6.45, 7) is 6.82. The number of rotatable bonds is 5. The van der Waals surface area contributed by atoms with Crippen molar-refractivity contribution < 1.29 is 4.79 Å². The molecule has 1 fully saturated rings. The van der Waals surface area contributed by atoms with Crippen LogP contribution in [0, 0.1) is 19.8 Å². The number of para-hydroxylation sites is 1. The van der Waals surface area contributed by atoms with E-state index in [9.17, 15) is 4.79 Å². The van der Waals surface area contributed by atoms with E-state index in [0.29, 0.717) is 12.3 Å². The zero-order valence-electron chi connectivity index (χ0n) is 14.7. The van der Waals surface area contributed by atoms with E-state index in [0.717, 1.165) is 43.0 Å². The second kappa shape index (κ2) is 7.07. The molecule has 1 amide bonds. The van der Waals surface area contributed by atoms with E-state index < -0.39 is 0 Å². The van der Waals surface area contributed by atoms with Gasteiger partial charge in [-0.25, -0.2) is 0 Å². The van der Waals surface area contributed by atoms with Gasteiger partial charge in [0.05, 0.1) is 12.1 Å². The van der Waals surface area contributed by atoms with Gasteiger partial charge in [-0.05, 0) is 38.3 Å². The molecule has 3 rings (SSSR count). The number of benzene rings is 1. The van der Waals surface area contributed by atoms with Crippen LogP contribution in [0.4, 0.5) is 5.69 Å². The van der Waals surface area contributed by atoms with Crippen molar-refractivity contribution in [3.63, 3.8) is 0 Å². The number of nitrogens with one attached hydrogen (secondary N) is 1. The van der Waals surface area contributed by atoms with Gasteiger partial charge in [0.15, 0.2) is 0 Å². The Labute approximate surface area is 143 Å². The van der Waals surface area contributed by atoms with Crippen LogP contribution in [-0.4, -0.2) is 47.7 Å². The third-order valence-corrected chi connectivity index (χ3v) is 4.97. The molecule has 1 atom stereocenters. The van der Waals surface area contributed by atoms with Crippen molar-refractivity contribution in [3.8, 4) is 0 Å². The first-order valence-electron chi connectivity index (χ1n) is 8.59. The maximum atomic E-state index is 12.5. The average molecular weight is 326 g/mol. The van der Waals surface area contributed by atoms with Crippen LogP contribution >= 0.6 is 0 Å². The molecule has 2 heterocycles. The van der Waals surface area contributed by atoms with Crippen LogP contribution < -0.4 is 4.90 Å². The standard InChI is InChI=1S/C19H26N4O/c1-14-18(15(2)21-20-14)11-19(24)22(3)12-16-9-10-23(13-16)17-7-5-4-6-8-17/h4-8,16H,9-13H2,1-3H3,(H,20,21). The van der Waals surface area contributed by atoms with E-state index in [4.69, 9.17) is 0 Å². The first-order chi connectivity index (χ1) is 11.5. The fraction of sp³-hybridized carbons (Fsp3) is 0.474. The van der Waals surface area contributed by atoms with E-state index in [-0.39, 0.29) is 5.91 Å². The summed E-state index contributed by atoms with van der Waals surface area (Å²) in [5, 5.41) is 7.12. The van der Waals surface area contributed by atoms with Crippen molar-refractivity contribution >= 4 is 11.6 Å². The number of nitrogens with zero attached hydrogens (tertiary/aromatic N) is 3. The zero-order valence-corrected chi connectivity index (χ0v) is 14.7. The van der Waals surface area contributed by atoms with Gasteiger partial charge in [-0.1, -0.05) is 18.2 Å². The Hall–Kier alpha value is -2.30. The van der Waals surface area contributed by atoms with Gasteiger partial charge in [-0.2, -0.15) is 5.10 Å². The third kappa shape index (κ3) is 3.61. The molecular weight excluding hydrogens is 300 g/mol. The summed E-state index contributed by atoms with van der Waals surface area (Å²) >= 11 is 0. The number of anilines is 1. The lowest BCUT2D eigenvalue weighted by Crippen LogP contribution is -2.34. The van der Waals surface area contributed by atoms with Gasteiger partial charge in [-0.15, -0.1) is 0 Å². The summed E-state index contributed by atoms with van der Waals surface area (Å²) in [5.41, 5.74) is 4.22. The predicted octanol–water partition coefficient (Wildman–Crippen LogP) is 2.55. The van der Waals surface area contributed by atoms with Crippen LogP contribution in [0.25, 0.3) is 0 Å². The molecule has 2 aromatic rings. The van der Waals surface area contributed by atoms with Crippen molar-refractivity contribution in [2.75, 3.05) is 31.6 Å². The Balaban J connectivity index is 1.54. The molecule has 1 saturated heterocycles. The molecule has 0 saturated carbocycles. The number of amides is 1. The molecule has 0 radical (unpaired) electrons. The summed E-state index contributed by atoms with van der Waals surface area (Å²) in [6, 6.07) is 10.5. The van der Waals surface area contributed by atoms with Crippen LogP contribution in [0.3, 0.4) is 0 Å². The highest BCUT2D eigenvalue weighted by Gasteiger charge is 2.25. The number of aromatic nitrogens is 2. The number of hydrogen-bond donors (Lipinski definition) is 1. The lowest BCUT2D eigenvalue weighted by Gasteiger charge is -2.23. The quantitative estimate of drug-likeness (QED) is 0.919. The SMILES string of the molecule is Cc1n[nH]c(C)c1CC(=O)N(C)CC1CCN(c2ccccc2)C1. The molecule has 5 heteroatoms. The molecule has 24 heavy (non-hydrogen) atoms. The molecule has 128 valence electrons. The van der Waals surface area contributed by atoms with Gasteiger partial charge < -0.3 is 9.80 Å². The number of carbonyl (C=O) groups is 1. The van der Waals surface area contributed by atoms with Gasteiger partial charge in [0.2, 0.25) is 5.91 Å². The maximum Gasteiger partial charge on any atom is 0.226 e. The van der Waals surface area contributed by atoms with E-state index in [1.165, 1.54) is 5.69 Å². The molecule has 1 aromatic heterocycles. The van der Waals surface area contributed by atoms with Crippen LogP contribution in [0.15, 0.2) is 30.3 Å². The topological polar surface area (TPSA) is 52.2 Å². The minimum Gasteiger partial charge on any atom is -0.371 e. The van der Waals surface area contributed by atoms with Gasteiger partial charge in [0.25, 0.3) is 0 Å². The van der Waals surface area contributed by atoms with Crippen molar-refractivity contribution in [1.29, 1.82) is 0 Å². The van der Waals surface area contributed by atoms with Gasteiger partial charge in [-0.3, -0.25) is 9.89 Å². The molecule has 5 nitrogen and oxygen atoms in total. The van der Waals surface area contributed by atoms with Crippen LogP contribution in [0.5, 0.6) is 0 Å². The summed E-state index contributed by atoms with van der Waals surface area (Å²) in [6.07, 6.45) is 1.57. The maximum absolute atomic E-state index is 12.5. The number of aromatic amines is 1. The molecule has 1 aliphatic rings. The van der Waals surface area contributed by atoms with Gasteiger partial charge >= 0.3 is 0 Å². The van der Waals surface area contributed by atoms with Crippen molar-refractivity contribution in [3.05, 3.63) is 47.3 Å². The highest BCUT2D eigenvalue weighted by Crippen LogP contribution is 2.24. The van der Waals surface area contributed by atoms with Crippen molar-refractivity contribution in [2.45, 2.75) is 26.7 Å². The Bertz CT molecular complexity index is 675. The van der Waals surface area contributed by atoms with Crippen molar-refractivity contribution in [2.24, 2.45) is 5.92 Å². The third-order valence-electron chi connectivity index (χ3n) is 4.97.